The van der Waals surface area contributed by atoms with Gasteiger partial charge in [-0.2, -0.15) is 0 Å². The van der Waals surface area contributed by atoms with E-state index in [0.717, 1.165) is 30.7 Å². The van der Waals surface area contributed by atoms with Crippen molar-refractivity contribution in [1.29, 1.82) is 0 Å². The number of hydrogen-bond acceptors (Lipinski definition) is 4. The van der Waals surface area contributed by atoms with Crippen LogP contribution in [0.3, 0.4) is 0 Å². The smallest absolute Gasteiger partial charge is 0.220 e. The van der Waals surface area contributed by atoms with Crippen LogP contribution >= 0.6 is 35.0 Å². The zero-order valence-corrected chi connectivity index (χ0v) is 20.9. The maximum absolute atomic E-state index is 12.4. The van der Waals surface area contributed by atoms with Crippen molar-refractivity contribution in [2.45, 2.75) is 63.4 Å². The van der Waals surface area contributed by atoms with Gasteiger partial charge in [0, 0.05) is 17.2 Å². The quantitative estimate of drug-likeness (QED) is 0.247. The van der Waals surface area contributed by atoms with Gasteiger partial charge in [-0.3, -0.25) is 9.36 Å². The number of rotatable bonds is 10. The Morgan fingerprint density at radius 2 is 1.97 bits per heavy atom. The van der Waals surface area contributed by atoms with Crippen molar-refractivity contribution >= 4 is 40.9 Å². The molecule has 0 saturated carbocycles. The molecule has 170 valence electrons. The lowest BCUT2D eigenvalue weighted by Crippen LogP contribution is -2.28. The van der Waals surface area contributed by atoms with Gasteiger partial charge in [0.1, 0.15) is 0 Å². The van der Waals surface area contributed by atoms with Crippen molar-refractivity contribution in [2.75, 3.05) is 0 Å². The highest BCUT2D eigenvalue weighted by Gasteiger charge is 2.22. The Labute approximate surface area is 203 Å². The molecule has 2 aromatic carbocycles. The van der Waals surface area contributed by atoms with Gasteiger partial charge in [-0.1, -0.05) is 84.6 Å². The van der Waals surface area contributed by atoms with E-state index in [1.807, 2.05) is 23.6 Å². The molecule has 1 unspecified atom stereocenters. The summed E-state index contributed by atoms with van der Waals surface area (Å²) in [6.45, 7) is 6.11. The van der Waals surface area contributed by atoms with Gasteiger partial charge in [-0.15, -0.1) is 10.2 Å². The van der Waals surface area contributed by atoms with E-state index >= 15 is 0 Å². The van der Waals surface area contributed by atoms with Gasteiger partial charge in [0.2, 0.25) is 5.91 Å². The Hall–Kier alpha value is -2.02. The van der Waals surface area contributed by atoms with Gasteiger partial charge < -0.3 is 5.32 Å². The molecule has 0 bridgehead atoms. The molecule has 1 aromatic heterocycles. The number of carbonyl (C=O) groups excluding carboxylic acids is 1. The molecule has 1 atom stereocenters. The van der Waals surface area contributed by atoms with Crippen LogP contribution in [0.5, 0.6) is 0 Å². The van der Waals surface area contributed by atoms with Crippen LogP contribution in [0.4, 0.5) is 0 Å². The highest BCUT2D eigenvalue weighted by molar-refractivity contribution is 7.98. The third kappa shape index (κ3) is 6.50. The summed E-state index contributed by atoms with van der Waals surface area (Å²) < 4.78 is 1.91. The van der Waals surface area contributed by atoms with E-state index in [4.69, 9.17) is 23.2 Å². The van der Waals surface area contributed by atoms with Crippen molar-refractivity contribution in [3.05, 3.63) is 69.5 Å². The third-order valence-corrected chi connectivity index (χ3v) is 6.57. The Morgan fingerprint density at radius 3 is 2.69 bits per heavy atom. The van der Waals surface area contributed by atoms with Crippen molar-refractivity contribution in [2.24, 2.45) is 0 Å². The summed E-state index contributed by atoms with van der Waals surface area (Å²) in [6, 6.07) is 13.4. The SMILES string of the molecule is CCCCCC(=O)NC(C)c1nnc(SCc2cccc(C)c2)n1-c1ccc(Cl)cc1Cl. The molecule has 1 heterocycles. The standard InChI is InChI=1S/C24H28Cl2N4OS/c1-4-5-6-10-22(31)27-17(3)23-28-29-24(32-15-18-9-7-8-16(2)13-18)30(23)21-12-11-19(25)14-20(21)26/h7-9,11-14,17H,4-6,10,15H2,1-3H3,(H,27,31). The molecule has 0 radical (unpaired) electrons. The van der Waals surface area contributed by atoms with Gasteiger partial charge >= 0.3 is 0 Å². The number of benzene rings is 2. The predicted octanol–water partition coefficient (Wildman–Crippen LogP) is 6.93. The first kappa shape index (κ1) is 24.6. The zero-order chi connectivity index (χ0) is 23.1. The van der Waals surface area contributed by atoms with Crippen LogP contribution in [0, 0.1) is 6.92 Å². The zero-order valence-electron chi connectivity index (χ0n) is 18.6. The van der Waals surface area contributed by atoms with Gasteiger partial charge in [0.15, 0.2) is 11.0 Å². The minimum Gasteiger partial charge on any atom is -0.346 e. The summed E-state index contributed by atoms with van der Waals surface area (Å²) in [5.74, 6) is 1.38. The average molecular weight is 491 g/mol. The number of unbranched alkanes of at least 4 members (excludes halogenated alkanes) is 2. The van der Waals surface area contributed by atoms with Crippen LogP contribution < -0.4 is 5.32 Å². The fourth-order valence-corrected chi connectivity index (χ4v) is 4.80. The first-order valence-corrected chi connectivity index (χ1v) is 12.5. The molecular weight excluding hydrogens is 463 g/mol. The molecule has 3 aromatic rings. The Kier molecular flexibility index (Phi) is 9.02. The van der Waals surface area contributed by atoms with Gasteiger partial charge in [-0.05, 0) is 44.0 Å². The monoisotopic (exact) mass is 490 g/mol. The van der Waals surface area contributed by atoms with Crippen LogP contribution in [-0.2, 0) is 10.5 Å². The minimum absolute atomic E-state index is 0.0108. The summed E-state index contributed by atoms with van der Waals surface area (Å²) in [5.41, 5.74) is 3.14. The minimum atomic E-state index is -0.323. The van der Waals surface area contributed by atoms with Crippen molar-refractivity contribution < 1.29 is 4.79 Å². The van der Waals surface area contributed by atoms with E-state index in [1.54, 1.807) is 23.9 Å². The molecule has 1 N–H and O–H groups in total. The van der Waals surface area contributed by atoms with Crippen LogP contribution in [-0.4, -0.2) is 20.7 Å². The molecule has 0 aliphatic heterocycles. The van der Waals surface area contributed by atoms with Crippen LogP contribution in [0.2, 0.25) is 10.0 Å². The lowest BCUT2D eigenvalue weighted by atomic mass is 10.2. The Morgan fingerprint density at radius 1 is 1.16 bits per heavy atom. The Bertz CT molecular complexity index is 1070. The molecule has 3 rings (SSSR count). The van der Waals surface area contributed by atoms with Crippen molar-refractivity contribution in [1.82, 2.24) is 20.1 Å². The summed E-state index contributed by atoms with van der Waals surface area (Å²) >= 11 is 14.2. The van der Waals surface area contributed by atoms with Crippen molar-refractivity contribution in [3.63, 3.8) is 0 Å². The fraction of sp³-hybridized carbons (Fsp3) is 0.375. The average Bonchev–Trinajstić information content (AvgIpc) is 3.16. The molecule has 0 saturated heterocycles. The largest absolute Gasteiger partial charge is 0.346 e. The number of amides is 1. The number of carbonyl (C=O) groups is 1. The van der Waals surface area contributed by atoms with Crippen LogP contribution in [0.25, 0.3) is 5.69 Å². The summed E-state index contributed by atoms with van der Waals surface area (Å²) in [5, 5.41) is 13.7. The van der Waals surface area contributed by atoms with Crippen LogP contribution in [0.15, 0.2) is 47.6 Å². The van der Waals surface area contributed by atoms with Gasteiger partial charge in [0.25, 0.3) is 0 Å². The molecule has 1 amide bonds. The fourth-order valence-electron chi connectivity index (χ4n) is 3.41. The normalized spacial score (nSPS) is 12.0. The second-order valence-corrected chi connectivity index (χ2v) is 9.58. The maximum atomic E-state index is 12.4. The van der Waals surface area contributed by atoms with Gasteiger partial charge in [0.05, 0.1) is 16.8 Å². The second-order valence-electron chi connectivity index (χ2n) is 7.80. The van der Waals surface area contributed by atoms with Crippen molar-refractivity contribution in [3.8, 4) is 5.69 Å². The molecule has 5 nitrogen and oxygen atoms in total. The number of nitrogens with zero attached hydrogens (tertiary/aromatic N) is 3. The summed E-state index contributed by atoms with van der Waals surface area (Å²) in [4.78, 5) is 12.4. The second kappa shape index (κ2) is 11.7. The molecule has 0 aliphatic rings. The van der Waals surface area contributed by atoms with E-state index in [1.165, 1.54) is 11.1 Å². The number of nitrogens with one attached hydrogen (secondary N) is 1. The summed E-state index contributed by atoms with van der Waals surface area (Å²) in [7, 11) is 0. The third-order valence-electron chi connectivity index (χ3n) is 5.03. The lowest BCUT2D eigenvalue weighted by molar-refractivity contribution is -0.121. The van der Waals surface area contributed by atoms with E-state index < -0.39 is 0 Å². The molecule has 0 spiro atoms. The first-order valence-electron chi connectivity index (χ1n) is 10.8. The molecule has 0 fully saturated rings. The summed E-state index contributed by atoms with van der Waals surface area (Å²) in [6.07, 6.45) is 3.50. The predicted molar refractivity (Wildman–Crippen MR) is 133 cm³/mol. The first-order chi connectivity index (χ1) is 15.4. The number of thioether (sulfide) groups is 1. The molecule has 0 aliphatic carbocycles. The lowest BCUT2D eigenvalue weighted by Gasteiger charge is -2.17. The highest BCUT2D eigenvalue weighted by Crippen LogP contribution is 2.32. The number of halogens is 2. The highest BCUT2D eigenvalue weighted by atomic mass is 35.5. The van der Waals surface area contributed by atoms with Crippen LogP contribution in [0.1, 0.15) is 62.5 Å². The Balaban J connectivity index is 1.88. The van der Waals surface area contributed by atoms with E-state index in [2.05, 4.69) is 47.6 Å². The van der Waals surface area contributed by atoms with E-state index in [-0.39, 0.29) is 11.9 Å². The van der Waals surface area contributed by atoms with E-state index in [0.29, 0.717) is 27.4 Å². The number of hydrogen-bond donors (Lipinski definition) is 1. The van der Waals surface area contributed by atoms with Gasteiger partial charge in [-0.25, -0.2) is 0 Å². The maximum Gasteiger partial charge on any atom is 0.220 e. The molecule has 32 heavy (non-hydrogen) atoms. The number of aromatic nitrogens is 3. The number of aryl methyl sites for hydroxylation is 1. The topological polar surface area (TPSA) is 59.8 Å². The molecular formula is C24H28Cl2N4OS. The molecule has 8 heteroatoms. The van der Waals surface area contributed by atoms with E-state index in [9.17, 15) is 4.79 Å².